The van der Waals surface area contributed by atoms with Crippen molar-refractivity contribution in [3.63, 3.8) is 0 Å². The number of hydrogen-bond donors (Lipinski definition) is 0. The molecule has 0 saturated heterocycles. The van der Waals surface area contributed by atoms with Crippen molar-refractivity contribution in [2.45, 2.75) is 57.8 Å². The van der Waals surface area contributed by atoms with Gasteiger partial charge in [0.15, 0.2) is 0 Å². The second-order valence-corrected chi connectivity index (χ2v) is 23.6. The maximum absolute atomic E-state index is 2.54. The molecule has 0 nitrogen and oxygen atoms in total. The van der Waals surface area contributed by atoms with Gasteiger partial charge in [-0.2, -0.15) is 0 Å². The summed E-state index contributed by atoms with van der Waals surface area (Å²) in [6.07, 6.45) is 0. The molecule has 0 spiro atoms. The van der Waals surface area contributed by atoms with E-state index in [0.29, 0.717) is 0 Å². The minimum Gasteiger partial charge on any atom is -0.0619 e. The topological polar surface area (TPSA) is 0 Å². The summed E-state index contributed by atoms with van der Waals surface area (Å²) in [5.74, 6) is 0. The SMILES string of the molecule is Cc1ccc(C2(c3ccc(C)cc3)c3ccccc3-c3ccc(-c4ccc5c(c4)C(c4ccc(C)cc4)(c4ccc(C)cc4)c4cc(-c6ccc7c(c6)C(c6ccc(C)cc6)(c6ccc(C)cc6)c6ccccc6-7)ccc4-5)cc32)cc1. The molecule has 0 unspecified atom stereocenters. The normalized spacial score (nSPS) is 14.3. The standard InChI is InChI=1S/C81H62/c1-51-15-31-61(32-16-51)79(62-33-17-52(2)18-34-62)73-13-9-7-11-67(73)69-43-27-57(47-75(69)79)59-29-45-71-72-46-30-60(50-78(72)81(77(71)49-59,65-39-23-55(5)24-40-65)66-41-25-56(6)26-42-66)58-28-44-70-68-12-8-10-14-74(68)80(76(70)48-58,63-35-19-53(3)20-36-63)64-37-21-54(4)22-38-64/h7-50H,1-6H3. The fourth-order valence-corrected chi connectivity index (χ4v) is 14.8. The molecule has 12 aromatic rings. The van der Waals surface area contributed by atoms with Gasteiger partial charge in [-0.25, -0.2) is 0 Å². The summed E-state index contributed by atoms with van der Waals surface area (Å²) < 4.78 is 0. The van der Waals surface area contributed by atoms with Crippen molar-refractivity contribution in [1.82, 2.24) is 0 Å². The van der Waals surface area contributed by atoms with Gasteiger partial charge in [0, 0.05) is 0 Å². The lowest BCUT2D eigenvalue weighted by atomic mass is 9.66. The summed E-state index contributed by atoms with van der Waals surface area (Å²) in [7, 11) is 0. The molecule has 0 amide bonds. The molecule has 0 N–H and O–H groups in total. The number of aryl methyl sites for hydroxylation is 6. The molecule has 0 radical (unpaired) electrons. The smallest absolute Gasteiger partial charge is 0.0619 e. The van der Waals surface area contributed by atoms with Crippen LogP contribution in [-0.4, -0.2) is 0 Å². The van der Waals surface area contributed by atoms with E-state index in [1.807, 2.05) is 0 Å². The molecule has 12 aromatic carbocycles. The van der Waals surface area contributed by atoms with Crippen molar-refractivity contribution in [3.05, 3.63) is 367 Å². The maximum atomic E-state index is 2.54. The Bertz CT molecular complexity index is 4070. The number of hydrogen-bond acceptors (Lipinski definition) is 0. The highest BCUT2D eigenvalue weighted by atomic mass is 14.5. The van der Waals surface area contributed by atoms with Gasteiger partial charge in [0.25, 0.3) is 0 Å². The van der Waals surface area contributed by atoms with Gasteiger partial charge in [-0.3, -0.25) is 0 Å². The first-order valence-electron chi connectivity index (χ1n) is 28.8. The molecule has 3 aliphatic rings. The minimum absolute atomic E-state index is 0.513. The first-order chi connectivity index (χ1) is 39.6. The van der Waals surface area contributed by atoms with Crippen LogP contribution < -0.4 is 0 Å². The molecule has 3 aliphatic carbocycles. The van der Waals surface area contributed by atoms with Crippen LogP contribution in [0.25, 0.3) is 55.6 Å². The van der Waals surface area contributed by atoms with Gasteiger partial charge < -0.3 is 0 Å². The van der Waals surface area contributed by atoms with Crippen molar-refractivity contribution >= 4 is 0 Å². The van der Waals surface area contributed by atoms with E-state index in [0.717, 1.165) is 0 Å². The summed E-state index contributed by atoms with van der Waals surface area (Å²) in [5, 5.41) is 0. The van der Waals surface area contributed by atoms with Gasteiger partial charge in [-0.05, 0) is 188 Å². The lowest BCUT2D eigenvalue weighted by Gasteiger charge is -2.35. The van der Waals surface area contributed by atoms with Crippen molar-refractivity contribution < 1.29 is 0 Å². The van der Waals surface area contributed by atoms with Crippen LogP contribution in [0.1, 0.15) is 100 Å². The Morgan fingerprint density at radius 2 is 0.358 bits per heavy atom. The predicted molar refractivity (Wildman–Crippen MR) is 338 cm³/mol. The average molecular weight is 1040 g/mol. The molecular formula is C81H62. The average Bonchev–Trinajstić information content (AvgIpc) is 2.85. The summed E-state index contributed by atoms with van der Waals surface area (Å²) in [5.41, 5.74) is 33.9. The first-order valence-corrected chi connectivity index (χ1v) is 28.8. The molecule has 15 rings (SSSR count). The van der Waals surface area contributed by atoms with Gasteiger partial charge in [-0.15, -0.1) is 0 Å². The zero-order valence-corrected chi connectivity index (χ0v) is 46.9. The Balaban J connectivity index is 0.951. The van der Waals surface area contributed by atoms with E-state index in [9.17, 15) is 0 Å². The third-order valence-electron chi connectivity index (χ3n) is 18.8. The van der Waals surface area contributed by atoms with Crippen LogP contribution >= 0.6 is 0 Å². The highest BCUT2D eigenvalue weighted by Gasteiger charge is 2.50. The van der Waals surface area contributed by atoms with Gasteiger partial charge in [0.05, 0.1) is 16.2 Å². The van der Waals surface area contributed by atoms with E-state index in [4.69, 9.17) is 0 Å². The van der Waals surface area contributed by atoms with E-state index in [1.54, 1.807) is 0 Å². The number of benzene rings is 12. The van der Waals surface area contributed by atoms with E-state index in [2.05, 4.69) is 308 Å². The summed E-state index contributed by atoms with van der Waals surface area (Å²) >= 11 is 0. The van der Waals surface area contributed by atoms with Crippen LogP contribution in [0, 0.1) is 41.5 Å². The number of fused-ring (bicyclic) bond motifs is 9. The first kappa shape index (κ1) is 48.7. The molecule has 0 heterocycles. The lowest BCUT2D eigenvalue weighted by molar-refractivity contribution is 0.766. The zero-order chi connectivity index (χ0) is 54.8. The Hall–Kier alpha value is -9.36. The summed E-state index contributed by atoms with van der Waals surface area (Å²) in [6.45, 7) is 13.2. The van der Waals surface area contributed by atoms with Crippen molar-refractivity contribution in [2.24, 2.45) is 0 Å². The molecule has 0 saturated carbocycles. The summed E-state index contributed by atoms with van der Waals surface area (Å²) in [6, 6.07) is 103. The van der Waals surface area contributed by atoms with Crippen LogP contribution in [0.2, 0.25) is 0 Å². The third-order valence-corrected chi connectivity index (χ3v) is 18.8. The maximum Gasteiger partial charge on any atom is 0.0714 e. The van der Waals surface area contributed by atoms with Gasteiger partial charge in [0.1, 0.15) is 0 Å². The second kappa shape index (κ2) is 18.3. The van der Waals surface area contributed by atoms with Crippen LogP contribution in [0.3, 0.4) is 0 Å². The Kier molecular flexibility index (Phi) is 11.0. The minimum atomic E-state index is -0.640. The molecule has 0 heteroatoms. The molecule has 386 valence electrons. The van der Waals surface area contributed by atoms with Crippen LogP contribution in [0.4, 0.5) is 0 Å². The molecule has 0 bridgehead atoms. The van der Waals surface area contributed by atoms with Crippen LogP contribution in [-0.2, 0) is 16.2 Å². The Labute approximate surface area is 477 Å². The van der Waals surface area contributed by atoms with Gasteiger partial charge in [-0.1, -0.05) is 276 Å². The van der Waals surface area contributed by atoms with Crippen molar-refractivity contribution in [2.75, 3.05) is 0 Å². The fourth-order valence-electron chi connectivity index (χ4n) is 14.8. The molecule has 0 aliphatic heterocycles. The van der Waals surface area contributed by atoms with E-state index in [1.165, 1.54) is 156 Å². The fraction of sp³-hybridized carbons (Fsp3) is 0.111. The lowest BCUT2D eigenvalue weighted by Crippen LogP contribution is -2.29. The Morgan fingerprint density at radius 1 is 0.173 bits per heavy atom. The van der Waals surface area contributed by atoms with Crippen LogP contribution in [0.5, 0.6) is 0 Å². The monoisotopic (exact) mass is 1030 g/mol. The largest absolute Gasteiger partial charge is 0.0714 e. The molecule has 0 aromatic heterocycles. The van der Waals surface area contributed by atoms with Gasteiger partial charge >= 0.3 is 0 Å². The quantitative estimate of drug-likeness (QED) is 0.142. The highest BCUT2D eigenvalue weighted by molar-refractivity contribution is 5.94. The summed E-state index contributed by atoms with van der Waals surface area (Å²) in [4.78, 5) is 0. The molecule has 0 atom stereocenters. The van der Waals surface area contributed by atoms with E-state index in [-0.39, 0.29) is 0 Å². The van der Waals surface area contributed by atoms with Crippen molar-refractivity contribution in [3.8, 4) is 55.6 Å². The van der Waals surface area contributed by atoms with Crippen LogP contribution in [0.15, 0.2) is 267 Å². The number of rotatable bonds is 8. The molecule has 0 fully saturated rings. The Morgan fingerprint density at radius 3 is 0.580 bits per heavy atom. The third kappa shape index (κ3) is 7.09. The molecule has 81 heavy (non-hydrogen) atoms. The molecular weight excluding hydrogens is 973 g/mol. The highest BCUT2D eigenvalue weighted by Crippen LogP contribution is 2.61. The second-order valence-electron chi connectivity index (χ2n) is 23.6. The zero-order valence-electron chi connectivity index (χ0n) is 46.9. The predicted octanol–water partition coefficient (Wildman–Crippen LogP) is 20.0. The van der Waals surface area contributed by atoms with E-state index >= 15 is 0 Å². The van der Waals surface area contributed by atoms with Gasteiger partial charge in [0.2, 0.25) is 0 Å². The van der Waals surface area contributed by atoms with Crippen molar-refractivity contribution in [1.29, 1.82) is 0 Å². The van der Waals surface area contributed by atoms with E-state index < -0.39 is 16.2 Å².